The lowest BCUT2D eigenvalue weighted by molar-refractivity contribution is -0.140. The van der Waals surface area contributed by atoms with Gasteiger partial charge in [-0.05, 0) is 43.7 Å². The number of imidazole rings is 1. The van der Waals surface area contributed by atoms with Gasteiger partial charge in [0.2, 0.25) is 11.5 Å². The first-order valence-corrected chi connectivity index (χ1v) is 9.42. The number of benzene rings is 1. The third-order valence-electron chi connectivity index (χ3n) is 5.13. The third-order valence-corrected chi connectivity index (χ3v) is 5.13. The van der Waals surface area contributed by atoms with Gasteiger partial charge in [0.15, 0.2) is 0 Å². The predicted molar refractivity (Wildman–Crippen MR) is 110 cm³/mol. The molecule has 0 atom stereocenters. The van der Waals surface area contributed by atoms with E-state index in [2.05, 4.69) is 16.0 Å². The first-order valence-electron chi connectivity index (χ1n) is 9.42. The summed E-state index contributed by atoms with van der Waals surface area (Å²) in [6.45, 7) is 3.37. The largest absolute Gasteiger partial charge is 0.417 e. The number of carbonyl (C=O) groups is 2. The second-order valence-corrected chi connectivity index (χ2v) is 6.89. The summed E-state index contributed by atoms with van der Waals surface area (Å²) in [5.74, 6) is -0.345. The van der Waals surface area contributed by atoms with Gasteiger partial charge in [-0.1, -0.05) is 0 Å². The highest BCUT2D eigenvalue weighted by atomic mass is 16.4. The van der Waals surface area contributed by atoms with Crippen LogP contribution in [0.3, 0.4) is 0 Å². The fraction of sp³-hybridized carbons (Fsp3) is 0.182. The first kappa shape index (κ1) is 19.8. The van der Waals surface area contributed by atoms with Gasteiger partial charge in [0, 0.05) is 30.8 Å². The lowest BCUT2D eigenvalue weighted by Crippen LogP contribution is -2.42. The molecular weight excluding hydrogens is 396 g/mol. The summed E-state index contributed by atoms with van der Waals surface area (Å²) < 4.78 is 7.47. The lowest BCUT2D eigenvalue weighted by Gasteiger charge is -2.25. The number of nitriles is 2. The highest BCUT2D eigenvalue weighted by Crippen LogP contribution is 2.29. The maximum Gasteiger partial charge on any atom is 0.271 e. The number of imide groups is 1. The second kappa shape index (κ2) is 7.39. The summed E-state index contributed by atoms with van der Waals surface area (Å²) in [5, 5.41) is 18.3. The lowest BCUT2D eigenvalue weighted by atomic mass is 9.95. The van der Waals surface area contributed by atoms with Crippen LogP contribution in [0, 0.1) is 22.7 Å². The first-order chi connectivity index (χ1) is 14.9. The zero-order chi connectivity index (χ0) is 22.3. The zero-order valence-electron chi connectivity index (χ0n) is 17.0. The molecule has 0 fully saturated rings. The van der Waals surface area contributed by atoms with Crippen molar-refractivity contribution in [1.82, 2.24) is 19.4 Å². The summed E-state index contributed by atoms with van der Waals surface area (Å²) in [6.07, 6.45) is 1.42. The number of amides is 2. The number of fused-ring (bicyclic) bond motifs is 1. The van der Waals surface area contributed by atoms with E-state index in [0.717, 1.165) is 10.5 Å². The molecule has 2 aromatic heterocycles. The van der Waals surface area contributed by atoms with Crippen LogP contribution in [0.25, 0.3) is 28.8 Å². The van der Waals surface area contributed by atoms with Crippen molar-refractivity contribution in [2.45, 2.75) is 13.8 Å². The van der Waals surface area contributed by atoms with Crippen molar-refractivity contribution in [3.63, 3.8) is 0 Å². The number of carbonyl (C=O) groups excluding carboxylic acids is 2. The van der Waals surface area contributed by atoms with Crippen LogP contribution in [0.15, 0.2) is 45.4 Å². The molecule has 3 aromatic rings. The van der Waals surface area contributed by atoms with E-state index >= 15 is 0 Å². The number of hydrogen-bond acceptors (Lipinski definition) is 7. The smallest absolute Gasteiger partial charge is 0.271 e. The molecular formula is C22H16N6O3. The molecule has 0 N–H and O–H groups in total. The molecule has 0 saturated heterocycles. The van der Waals surface area contributed by atoms with Gasteiger partial charge >= 0.3 is 0 Å². The van der Waals surface area contributed by atoms with E-state index in [1.165, 1.54) is 6.08 Å². The molecule has 3 heterocycles. The summed E-state index contributed by atoms with van der Waals surface area (Å²) >= 11 is 0. The quantitative estimate of drug-likeness (QED) is 0.478. The third kappa shape index (κ3) is 3.09. The Balaban J connectivity index is 1.77. The molecule has 9 nitrogen and oxygen atoms in total. The Morgan fingerprint density at radius 2 is 1.81 bits per heavy atom. The minimum absolute atomic E-state index is 0.0787. The predicted octanol–water partition coefficient (Wildman–Crippen LogP) is 2.71. The van der Waals surface area contributed by atoms with E-state index in [0.29, 0.717) is 17.0 Å². The topological polar surface area (TPSA) is 129 Å². The molecule has 0 spiro atoms. The molecule has 0 radical (unpaired) electrons. The summed E-state index contributed by atoms with van der Waals surface area (Å²) in [5.41, 5.74) is 2.48. The van der Waals surface area contributed by atoms with Gasteiger partial charge in [0.25, 0.3) is 17.5 Å². The second-order valence-electron chi connectivity index (χ2n) is 6.89. The maximum absolute atomic E-state index is 12.7. The average Bonchev–Trinajstić information content (AvgIpc) is 3.30. The van der Waals surface area contributed by atoms with E-state index < -0.39 is 11.8 Å². The van der Waals surface area contributed by atoms with Crippen molar-refractivity contribution in [1.29, 1.82) is 10.5 Å². The Hall–Kier alpha value is -4.50. The zero-order valence-corrected chi connectivity index (χ0v) is 17.0. The van der Waals surface area contributed by atoms with Gasteiger partial charge < -0.3 is 8.98 Å². The number of rotatable bonds is 3. The van der Waals surface area contributed by atoms with Crippen LogP contribution in [-0.2, 0) is 16.6 Å². The van der Waals surface area contributed by atoms with Crippen LogP contribution in [-0.4, -0.2) is 37.8 Å². The van der Waals surface area contributed by atoms with Crippen molar-refractivity contribution in [3.8, 4) is 23.5 Å². The van der Waals surface area contributed by atoms with Crippen molar-refractivity contribution in [2.75, 3.05) is 6.54 Å². The van der Waals surface area contributed by atoms with E-state index in [1.807, 2.05) is 6.07 Å². The minimum Gasteiger partial charge on any atom is -0.417 e. The molecule has 0 unspecified atom stereocenters. The van der Waals surface area contributed by atoms with E-state index in [4.69, 9.17) is 9.68 Å². The van der Waals surface area contributed by atoms with E-state index in [-0.39, 0.29) is 34.9 Å². The van der Waals surface area contributed by atoms with Gasteiger partial charge in [-0.25, -0.2) is 0 Å². The fourth-order valence-corrected chi connectivity index (χ4v) is 3.44. The van der Waals surface area contributed by atoms with E-state index in [9.17, 15) is 14.9 Å². The van der Waals surface area contributed by atoms with Crippen molar-refractivity contribution < 1.29 is 14.0 Å². The highest BCUT2D eigenvalue weighted by molar-refractivity contribution is 6.19. The Morgan fingerprint density at radius 1 is 1.10 bits per heavy atom. The molecule has 1 aliphatic rings. The number of oxazole rings is 1. The number of nitrogens with zero attached hydrogens (tertiary/aromatic N) is 6. The van der Waals surface area contributed by atoms with E-state index in [1.54, 1.807) is 49.7 Å². The van der Waals surface area contributed by atoms with Crippen LogP contribution in [0.4, 0.5) is 0 Å². The molecule has 1 aliphatic heterocycles. The van der Waals surface area contributed by atoms with Crippen molar-refractivity contribution >= 4 is 29.3 Å². The molecule has 152 valence electrons. The number of likely N-dealkylation sites (N-methyl/N-ethyl adjacent to an activating group) is 1. The van der Waals surface area contributed by atoms with Crippen LogP contribution >= 0.6 is 0 Å². The number of aryl methyl sites for hydroxylation is 1. The summed E-state index contributed by atoms with van der Waals surface area (Å²) in [7, 11) is 1.78. The van der Waals surface area contributed by atoms with Crippen LogP contribution in [0.1, 0.15) is 25.3 Å². The van der Waals surface area contributed by atoms with Gasteiger partial charge in [0.1, 0.15) is 17.5 Å². The maximum atomic E-state index is 12.7. The SMILES string of the molecule is CCN1C(=O)C(C#N)=C(C)/C(=C/c2nc3c(nc(-c4ccc(C#N)cc4)n3C)o2)C1=O. The molecule has 1 aromatic carbocycles. The standard InChI is InChI=1S/C22H16N6O3/c1-4-28-21(29)15(12(2)16(11-24)22(28)30)9-17-25-19-20(31-17)26-18(27(19)3)14-7-5-13(10-23)6-8-14/h5-9H,4H2,1-3H3/b15-9-. The molecule has 0 saturated carbocycles. The Kier molecular flexibility index (Phi) is 4.72. The van der Waals surface area contributed by atoms with Crippen LogP contribution in [0.5, 0.6) is 0 Å². The van der Waals surface area contributed by atoms with Gasteiger partial charge in [-0.2, -0.15) is 20.5 Å². The molecule has 0 aliphatic carbocycles. The van der Waals surface area contributed by atoms with Gasteiger partial charge in [-0.3, -0.25) is 14.5 Å². The number of hydrogen-bond donors (Lipinski definition) is 0. The Morgan fingerprint density at radius 3 is 2.39 bits per heavy atom. The molecule has 4 rings (SSSR count). The molecule has 2 amide bonds. The highest BCUT2D eigenvalue weighted by Gasteiger charge is 2.34. The normalized spacial score (nSPS) is 15.6. The fourth-order valence-electron chi connectivity index (χ4n) is 3.44. The monoisotopic (exact) mass is 412 g/mol. The summed E-state index contributed by atoms with van der Waals surface area (Å²) in [6, 6.07) is 10.9. The van der Waals surface area contributed by atoms with Crippen molar-refractivity contribution in [3.05, 3.63) is 52.4 Å². The molecule has 0 bridgehead atoms. The van der Waals surface area contributed by atoms with Gasteiger partial charge in [-0.15, -0.1) is 0 Å². The Bertz CT molecular complexity index is 1390. The molecule has 31 heavy (non-hydrogen) atoms. The van der Waals surface area contributed by atoms with Gasteiger partial charge in [0.05, 0.1) is 11.6 Å². The number of aromatic nitrogens is 3. The average molecular weight is 412 g/mol. The van der Waals surface area contributed by atoms with Crippen molar-refractivity contribution in [2.24, 2.45) is 7.05 Å². The Labute approximate surface area is 177 Å². The van der Waals surface area contributed by atoms with Crippen LogP contribution < -0.4 is 0 Å². The van der Waals surface area contributed by atoms with Crippen LogP contribution in [0.2, 0.25) is 0 Å². The minimum atomic E-state index is -0.601. The summed E-state index contributed by atoms with van der Waals surface area (Å²) in [4.78, 5) is 34.9. The molecule has 9 heteroatoms.